The van der Waals surface area contributed by atoms with Crippen molar-refractivity contribution in [2.75, 3.05) is 13.6 Å². The summed E-state index contributed by atoms with van der Waals surface area (Å²) in [6.45, 7) is 2.13. The Morgan fingerprint density at radius 3 is 2.47 bits per heavy atom. The molecule has 1 aromatic rings. The standard InChI is InChI=1S/C11H15FN2O/c1-8(14(2)7-11(13)15)9-3-5-10(12)6-4-9/h3-6,8H,7H2,1-2H3,(H2,13,15). The molecule has 1 rings (SSSR count). The molecular weight excluding hydrogens is 195 g/mol. The quantitative estimate of drug-likeness (QED) is 0.814. The van der Waals surface area contributed by atoms with Crippen LogP contribution in [0.1, 0.15) is 18.5 Å². The molecule has 0 radical (unpaired) electrons. The fourth-order valence-corrected chi connectivity index (χ4v) is 1.38. The van der Waals surface area contributed by atoms with Gasteiger partial charge < -0.3 is 5.73 Å². The first kappa shape index (κ1) is 11.7. The molecule has 0 aliphatic carbocycles. The van der Waals surface area contributed by atoms with E-state index in [0.717, 1.165) is 5.56 Å². The summed E-state index contributed by atoms with van der Waals surface area (Å²) in [6, 6.07) is 6.26. The number of hydrogen-bond donors (Lipinski definition) is 1. The molecule has 0 aliphatic rings. The molecule has 82 valence electrons. The van der Waals surface area contributed by atoms with Crippen LogP contribution < -0.4 is 5.73 Å². The first-order valence-corrected chi connectivity index (χ1v) is 4.74. The first-order chi connectivity index (χ1) is 7.00. The number of amides is 1. The molecule has 0 saturated carbocycles. The van der Waals surface area contributed by atoms with Gasteiger partial charge in [0, 0.05) is 6.04 Å². The molecule has 0 saturated heterocycles. The van der Waals surface area contributed by atoms with E-state index in [1.54, 1.807) is 19.2 Å². The fourth-order valence-electron chi connectivity index (χ4n) is 1.38. The molecule has 0 spiro atoms. The Labute approximate surface area is 88.7 Å². The molecular formula is C11H15FN2O. The number of primary amides is 1. The topological polar surface area (TPSA) is 46.3 Å². The van der Waals surface area contributed by atoms with E-state index in [0.29, 0.717) is 0 Å². The number of carbonyl (C=O) groups excluding carboxylic acids is 1. The minimum absolute atomic E-state index is 0.0399. The van der Waals surface area contributed by atoms with Crippen LogP contribution in [0, 0.1) is 5.82 Å². The van der Waals surface area contributed by atoms with Crippen LogP contribution in [-0.2, 0) is 4.79 Å². The highest BCUT2D eigenvalue weighted by molar-refractivity contribution is 5.75. The van der Waals surface area contributed by atoms with E-state index in [4.69, 9.17) is 5.73 Å². The van der Waals surface area contributed by atoms with Gasteiger partial charge in [-0.05, 0) is 31.7 Å². The van der Waals surface area contributed by atoms with Crippen LogP contribution in [0.3, 0.4) is 0 Å². The Morgan fingerprint density at radius 1 is 1.47 bits per heavy atom. The lowest BCUT2D eigenvalue weighted by Crippen LogP contribution is -2.32. The molecule has 15 heavy (non-hydrogen) atoms. The van der Waals surface area contributed by atoms with Gasteiger partial charge in [0.05, 0.1) is 6.54 Å². The summed E-state index contributed by atoms with van der Waals surface area (Å²) >= 11 is 0. The van der Waals surface area contributed by atoms with Gasteiger partial charge in [-0.15, -0.1) is 0 Å². The van der Waals surface area contributed by atoms with E-state index in [-0.39, 0.29) is 24.3 Å². The van der Waals surface area contributed by atoms with E-state index in [2.05, 4.69) is 0 Å². The van der Waals surface area contributed by atoms with Crippen molar-refractivity contribution in [1.82, 2.24) is 4.90 Å². The molecule has 1 aromatic carbocycles. The van der Waals surface area contributed by atoms with Gasteiger partial charge in [-0.25, -0.2) is 4.39 Å². The summed E-state index contributed by atoms with van der Waals surface area (Å²) in [7, 11) is 1.80. The van der Waals surface area contributed by atoms with Crippen LogP contribution >= 0.6 is 0 Å². The SMILES string of the molecule is CC(c1ccc(F)cc1)N(C)CC(N)=O. The van der Waals surface area contributed by atoms with Crippen molar-refractivity contribution in [3.8, 4) is 0 Å². The lowest BCUT2D eigenvalue weighted by molar-refractivity contribution is -0.119. The maximum absolute atomic E-state index is 12.7. The van der Waals surface area contributed by atoms with Crippen molar-refractivity contribution < 1.29 is 9.18 Å². The minimum atomic E-state index is -0.369. The zero-order valence-electron chi connectivity index (χ0n) is 8.90. The second kappa shape index (κ2) is 4.89. The Morgan fingerprint density at radius 2 is 2.00 bits per heavy atom. The Bertz CT molecular complexity index is 337. The number of rotatable bonds is 4. The van der Waals surface area contributed by atoms with Gasteiger partial charge in [-0.2, -0.15) is 0 Å². The van der Waals surface area contributed by atoms with Crippen LogP contribution in [0.15, 0.2) is 24.3 Å². The second-order valence-electron chi connectivity index (χ2n) is 3.61. The highest BCUT2D eigenvalue weighted by Crippen LogP contribution is 2.18. The smallest absolute Gasteiger partial charge is 0.231 e. The number of nitrogens with zero attached hydrogens (tertiary/aromatic N) is 1. The molecule has 1 atom stereocenters. The van der Waals surface area contributed by atoms with Crippen molar-refractivity contribution >= 4 is 5.91 Å². The average Bonchev–Trinajstić information content (AvgIpc) is 2.17. The molecule has 0 fully saturated rings. The molecule has 2 N–H and O–H groups in total. The number of carbonyl (C=O) groups is 1. The maximum atomic E-state index is 12.7. The largest absolute Gasteiger partial charge is 0.369 e. The number of hydrogen-bond acceptors (Lipinski definition) is 2. The first-order valence-electron chi connectivity index (χ1n) is 4.74. The summed E-state index contributed by atoms with van der Waals surface area (Å²) in [5.74, 6) is -0.630. The van der Waals surface area contributed by atoms with Crippen LogP contribution in [0.25, 0.3) is 0 Å². The normalized spacial score (nSPS) is 12.8. The van der Waals surface area contributed by atoms with Crippen LogP contribution in [-0.4, -0.2) is 24.4 Å². The summed E-state index contributed by atoms with van der Waals surface area (Å²) in [5.41, 5.74) is 6.05. The highest BCUT2D eigenvalue weighted by atomic mass is 19.1. The van der Waals surface area contributed by atoms with E-state index in [1.807, 2.05) is 11.8 Å². The maximum Gasteiger partial charge on any atom is 0.231 e. The van der Waals surface area contributed by atoms with Crippen LogP contribution in [0.4, 0.5) is 4.39 Å². The average molecular weight is 210 g/mol. The predicted octanol–water partition coefficient (Wildman–Crippen LogP) is 1.30. The minimum Gasteiger partial charge on any atom is -0.369 e. The van der Waals surface area contributed by atoms with Gasteiger partial charge in [-0.1, -0.05) is 12.1 Å². The Balaban J connectivity index is 2.71. The van der Waals surface area contributed by atoms with Crippen LogP contribution in [0.5, 0.6) is 0 Å². The molecule has 3 nitrogen and oxygen atoms in total. The third kappa shape index (κ3) is 3.32. The van der Waals surface area contributed by atoms with Crippen molar-refractivity contribution in [3.63, 3.8) is 0 Å². The zero-order valence-corrected chi connectivity index (χ0v) is 8.90. The summed E-state index contributed by atoms with van der Waals surface area (Å²) in [6.07, 6.45) is 0. The van der Waals surface area contributed by atoms with Gasteiger partial charge in [-0.3, -0.25) is 9.69 Å². The summed E-state index contributed by atoms with van der Waals surface area (Å²) in [5, 5.41) is 0. The van der Waals surface area contributed by atoms with Crippen molar-refractivity contribution in [3.05, 3.63) is 35.6 Å². The molecule has 1 unspecified atom stereocenters. The Hall–Kier alpha value is -1.42. The number of likely N-dealkylation sites (N-methyl/N-ethyl adjacent to an activating group) is 1. The Kier molecular flexibility index (Phi) is 3.80. The number of nitrogens with two attached hydrogens (primary N) is 1. The van der Waals surface area contributed by atoms with Crippen LogP contribution in [0.2, 0.25) is 0 Å². The molecule has 4 heteroatoms. The second-order valence-corrected chi connectivity index (χ2v) is 3.61. The van der Waals surface area contributed by atoms with Gasteiger partial charge in [0.1, 0.15) is 5.82 Å². The monoisotopic (exact) mass is 210 g/mol. The molecule has 0 aromatic heterocycles. The van der Waals surface area contributed by atoms with E-state index >= 15 is 0 Å². The molecule has 1 amide bonds. The molecule has 0 heterocycles. The van der Waals surface area contributed by atoms with Crippen molar-refractivity contribution in [2.45, 2.75) is 13.0 Å². The fraction of sp³-hybridized carbons (Fsp3) is 0.364. The lowest BCUT2D eigenvalue weighted by Gasteiger charge is -2.23. The van der Waals surface area contributed by atoms with Gasteiger partial charge in [0.25, 0.3) is 0 Å². The summed E-state index contributed by atoms with van der Waals surface area (Å²) < 4.78 is 12.7. The van der Waals surface area contributed by atoms with Gasteiger partial charge in [0.15, 0.2) is 0 Å². The van der Waals surface area contributed by atoms with Crippen molar-refractivity contribution in [2.24, 2.45) is 5.73 Å². The van der Waals surface area contributed by atoms with E-state index in [1.165, 1.54) is 12.1 Å². The lowest BCUT2D eigenvalue weighted by atomic mass is 10.1. The molecule has 0 bridgehead atoms. The molecule has 0 aliphatic heterocycles. The predicted molar refractivity (Wildman–Crippen MR) is 56.6 cm³/mol. The third-order valence-corrected chi connectivity index (χ3v) is 2.42. The highest BCUT2D eigenvalue weighted by Gasteiger charge is 2.12. The van der Waals surface area contributed by atoms with Gasteiger partial charge in [0.2, 0.25) is 5.91 Å². The zero-order chi connectivity index (χ0) is 11.4. The van der Waals surface area contributed by atoms with Gasteiger partial charge >= 0.3 is 0 Å². The van der Waals surface area contributed by atoms with E-state index in [9.17, 15) is 9.18 Å². The number of halogens is 1. The number of benzene rings is 1. The van der Waals surface area contributed by atoms with E-state index < -0.39 is 0 Å². The third-order valence-electron chi connectivity index (χ3n) is 2.42. The summed E-state index contributed by atoms with van der Waals surface area (Å²) in [4.78, 5) is 12.5. The van der Waals surface area contributed by atoms with Crippen molar-refractivity contribution in [1.29, 1.82) is 0 Å².